The summed E-state index contributed by atoms with van der Waals surface area (Å²) in [5, 5.41) is 2.74. The number of hydrogen-bond acceptors (Lipinski definition) is 6. The van der Waals surface area contributed by atoms with Crippen LogP contribution in [0.15, 0.2) is 27.4 Å². The fraction of sp³-hybridized carbons (Fsp3) is 0.250. The number of hydrogen-bond donors (Lipinski definition) is 2. The Morgan fingerprint density at radius 2 is 2.32 bits per heavy atom. The Morgan fingerprint density at radius 3 is 2.89 bits per heavy atom. The summed E-state index contributed by atoms with van der Waals surface area (Å²) in [4.78, 5) is 16.8. The predicted octanol–water partition coefficient (Wildman–Crippen LogP) is 2.33. The summed E-state index contributed by atoms with van der Waals surface area (Å²) >= 11 is 2.80. The van der Waals surface area contributed by atoms with Crippen molar-refractivity contribution in [1.82, 2.24) is 14.7 Å². The number of nitrogens with one attached hydrogen (secondary N) is 1. The summed E-state index contributed by atoms with van der Waals surface area (Å²) in [5.41, 5.74) is 7.10. The molecule has 0 atom stereocenters. The van der Waals surface area contributed by atoms with Gasteiger partial charge in [0.2, 0.25) is 0 Å². The van der Waals surface area contributed by atoms with E-state index >= 15 is 0 Å². The van der Waals surface area contributed by atoms with Crippen LogP contribution < -0.4 is 11.1 Å². The summed E-state index contributed by atoms with van der Waals surface area (Å²) in [7, 11) is 0. The third-order valence-electron chi connectivity index (χ3n) is 2.32. The third-order valence-corrected chi connectivity index (χ3v) is 4.25. The zero-order valence-corrected chi connectivity index (χ0v) is 12.3. The van der Waals surface area contributed by atoms with Crippen molar-refractivity contribution < 1.29 is 4.79 Å². The molecule has 3 N–H and O–H groups in total. The lowest BCUT2D eigenvalue weighted by Crippen LogP contribution is -2.22. The highest BCUT2D eigenvalue weighted by Gasteiger charge is 2.10. The molecule has 2 rings (SSSR count). The van der Waals surface area contributed by atoms with Gasteiger partial charge in [0.1, 0.15) is 5.82 Å². The standard InChI is InChI=1S/C12H14N4OS2/c1-3-14-11(17)8-4-5-10(9(13)6-8)18-12-15-7(2)16-19-12/h4-6H,3,13H2,1-2H3,(H,14,17). The number of carbonyl (C=O) groups excluding carboxylic acids is 1. The van der Waals surface area contributed by atoms with E-state index in [-0.39, 0.29) is 5.91 Å². The zero-order chi connectivity index (χ0) is 13.8. The molecule has 0 aliphatic carbocycles. The minimum absolute atomic E-state index is 0.113. The molecular formula is C12H14N4OS2. The van der Waals surface area contributed by atoms with Gasteiger partial charge in [0.05, 0.1) is 0 Å². The van der Waals surface area contributed by atoms with Crippen molar-refractivity contribution in [3.8, 4) is 0 Å². The number of nitrogen functional groups attached to an aromatic ring is 1. The van der Waals surface area contributed by atoms with Gasteiger partial charge in [-0.1, -0.05) is 11.8 Å². The summed E-state index contributed by atoms with van der Waals surface area (Å²) < 4.78 is 4.96. The molecule has 0 aliphatic rings. The topological polar surface area (TPSA) is 80.9 Å². The predicted molar refractivity (Wildman–Crippen MR) is 77.6 cm³/mol. The van der Waals surface area contributed by atoms with Crippen molar-refractivity contribution in [2.24, 2.45) is 0 Å². The Labute approximate surface area is 119 Å². The van der Waals surface area contributed by atoms with Crippen LogP contribution in [-0.2, 0) is 0 Å². The third kappa shape index (κ3) is 3.45. The first kappa shape index (κ1) is 13.8. The van der Waals surface area contributed by atoms with Gasteiger partial charge in [-0.15, -0.1) is 0 Å². The van der Waals surface area contributed by atoms with Gasteiger partial charge in [0.15, 0.2) is 4.34 Å². The van der Waals surface area contributed by atoms with E-state index in [4.69, 9.17) is 5.73 Å². The van der Waals surface area contributed by atoms with Crippen molar-refractivity contribution in [1.29, 1.82) is 0 Å². The lowest BCUT2D eigenvalue weighted by atomic mass is 10.2. The molecule has 0 saturated heterocycles. The number of benzene rings is 1. The molecule has 0 unspecified atom stereocenters. The van der Waals surface area contributed by atoms with Crippen LogP contribution in [0.4, 0.5) is 5.69 Å². The van der Waals surface area contributed by atoms with Gasteiger partial charge in [0, 0.05) is 22.7 Å². The Morgan fingerprint density at radius 1 is 1.53 bits per heavy atom. The summed E-state index contributed by atoms with van der Waals surface area (Å²) in [6, 6.07) is 5.28. The molecule has 0 fully saturated rings. The van der Waals surface area contributed by atoms with Crippen LogP contribution in [-0.4, -0.2) is 21.8 Å². The average molecular weight is 294 g/mol. The molecular weight excluding hydrogens is 280 g/mol. The smallest absolute Gasteiger partial charge is 0.251 e. The van der Waals surface area contributed by atoms with Gasteiger partial charge in [-0.25, -0.2) is 4.98 Å². The van der Waals surface area contributed by atoms with E-state index in [2.05, 4.69) is 14.7 Å². The number of aromatic nitrogens is 2. The fourth-order valence-electron chi connectivity index (χ4n) is 1.46. The number of anilines is 1. The Kier molecular flexibility index (Phi) is 4.39. The maximum absolute atomic E-state index is 11.7. The SMILES string of the molecule is CCNC(=O)c1ccc(Sc2nc(C)ns2)c(N)c1. The van der Waals surface area contributed by atoms with Crippen molar-refractivity contribution in [2.75, 3.05) is 12.3 Å². The Bertz CT molecular complexity index is 597. The molecule has 5 nitrogen and oxygen atoms in total. The zero-order valence-electron chi connectivity index (χ0n) is 10.6. The molecule has 0 radical (unpaired) electrons. The Hall–Kier alpha value is -1.60. The van der Waals surface area contributed by atoms with E-state index in [1.54, 1.807) is 12.1 Å². The van der Waals surface area contributed by atoms with Crippen LogP contribution in [0.3, 0.4) is 0 Å². The summed E-state index contributed by atoms with van der Waals surface area (Å²) in [5.74, 6) is 0.641. The van der Waals surface area contributed by atoms with E-state index in [0.29, 0.717) is 17.8 Å². The van der Waals surface area contributed by atoms with E-state index in [9.17, 15) is 4.79 Å². The molecule has 1 heterocycles. The number of rotatable bonds is 4. The van der Waals surface area contributed by atoms with Crippen molar-refractivity contribution >= 4 is 34.9 Å². The number of nitrogens with zero attached hydrogens (tertiary/aromatic N) is 2. The minimum atomic E-state index is -0.113. The van der Waals surface area contributed by atoms with Crippen LogP contribution >= 0.6 is 23.3 Å². The van der Waals surface area contributed by atoms with E-state index in [0.717, 1.165) is 15.1 Å². The van der Waals surface area contributed by atoms with E-state index in [1.807, 2.05) is 19.9 Å². The largest absolute Gasteiger partial charge is 0.398 e. The quantitative estimate of drug-likeness (QED) is 0.846. The highest BCUT2D eigenvalue weighted by molar-refractivity contribution is 8.01. The van der Waals surface area contributed by atoms with Crippen LogP contribution in [0.25, 0.3) is 0 Å². The normalized spacial score (nSPS) is 10.4. The summed E-state index contributed by atoms with van der Waals surface area (Å²) in [6.07, 6.45) is 0. The van der Waals surface area contributed by atoms with Crippen molar-refractivity contribution in [3.05, 3.63) is 29.6 Å². The lowest BCUT2D eigenvalue weighted by molar-refractivity contribution is 0.0956. The second kappa shape index (κ2) is 6.03. The van der Waals surface area contributed by atoms with Crippen LogP contribution in [0, 0.1) is 6.92 Å². The van der Waals surface area contributed by atoms with Gasteiger partial charge in [-0.05, 0) is 43.6 Å². The first-order valence-electron chi connectivity index (χ1n) is 5.76. The van der Waals surface area contributed by atoms with Gasteiger partial charge in [-0.2, -0.15) is 4.37 Å². The lowest BCUT2D eigenvalue weighted by Gasteiger charge is -2.06. The molecule has 19 heavy (non-hydrogen) atoms. The minimum Gasteiger partial charge on any atom is -0.398 e. The number of amides is 1. The van der Waals surface area contributed by atoms with Crippen LogP contribution in [0.2, 0.25) is 0 Å². The molecule has 1 aromatic carbocycles. The van der Waals surface area contributed by atoms with Crippen molar-refractivity contribution in [2.45, 2.75) is 23.1 Å². The van der Waals surface area contributed by atoms with E-state index in [1.165, 1.54) is 23.3 Å². The molecule has 7 heteroatoms. The average Bonchev–Trinajstić information content (AvgIpc) is 2.78. The Balaban J connectivity index is 2.17. The van der Waals surface area contributed by atoms with Gasteiger partial charge in [0.25, 0.3) is 5.91 Å². The first-order valence-corrected chi connectivity index (χ1v) is 7.35. The molecule has 0 spiro atoms. The maximum atomic E-state index is 11.7. The number of aryl methyl sites for hydroxylation is 1. The fourth-order valence-corrected chi connectivity index (χ4v) is 3.09. The molecule has 2 aromatic rings. The van der Waals surface area contributed by atoms with Gasteiger partial charge < -0.3 is 11.1 Å². The maximum Gasteiger partial charge on any atom is 0.251 e. The first-order chi connectivity index (χ1) is 9.10. The second-order valence-corrected chi connectivity index (χ2v) is 5.86. The van der Waals surface area contributed by atoms with E-state index < -0.39 is 0 Å². The van der Waals surface area contributed by atoms with Crippen molar-refractivity contribution in [3.63, 3.8) is 0 Å². The molecule has 1 amide bonds. The molecule has 1 aromatic heterocycles. The highest BCUT2D eigenvalue weighted by Crippen LogP contribution is 2.33. The van der Waals surface area contributed by atoms with Gasteiger partial charge in [-0.3, -0.25) is 4.79 Å². The van der Waals surface area contributed by atoms with Crippen LogP contribution in [0.5, 0.6) is 0 Å². The number of nitrogens with two attached hydrogens (primary N) is 1. The molecule has 0 saturated carbocycles. The highest BCUT2D eigenvalue weighted by atomic mass is 32.2. The molecule has 100 valence electrons. The molecule has 0 aliphatic heterocycles. The monoisotopic (exact) mass is 294 g/mol. The molecule has 0 bridgehead atoms. The second-order valence-electron chi connectivity index (χ2n) is 3.82. The van der Waals surface area contributed by atoms with Gasteiger partial charge >= 0.3 is 0 Å². The number of carbonyl (C=O) groups is 1. The van der Waals surface area contributed by atoms with Crippen LogP contribution in [0.1, 0.15) is 23.1 Å². The summed E-state index contributed by atoms with van der Waals surface area (Å²) in [6.45, 7) is 4.32.